The Morgan fingerprint density at radius 2 is 1.92 bits per heavy atom. The molecule has 1 aliphatic heterocycles. The monoisotopic (exact) mass is 502 g/mol. The minimum absolute atomic E-state index is 0.279. The molecule has 0 spiro atoms. The second-order valence-corrected chi connectivity index (χ2v) is 10.5. The summed E-state index contributed by atoms with van der Waals surface area (Å²) in [5.41, 5.74) is 8.65. The molecule has 9 nitrogen and oxygen atoms in total. The van der Waals surface area contributed by atoms with Crippen molar-refractivity contribution in [2.75, 3.05) is 9.80 Å². The maximum absolute atomic E-state index is 14.4. The van der Waals surface area contributed by atoms with Gasteiger partial charge >= 0.3 is 6.03 Å². The van der Waals surface area contributed by atoms with Crippen LogP contribution in [-0.2, 0) is 4.79 Å². The number of primary amides is 1. The topological polar surface area (TPSA) is 122 Å². The van der Waals surface area contributed by atoms with Gasteiger partial charge in [0, 0.05) is 24.0 Å². The number of anilines is 3. The molecule has 3 N–H and O–H groups in total. The number of hydrogen-bond donors (Lipinski definition) is 2. The van der Waals surface area contributed by atoms with Gasteiger partial charge in [-0.1, -0.05) is 13.0 Å². The largest absolute Gasteiger partial charge is 0.365 e. The molecular weight excluding hydrogens is 476 g/mol. The molecule has 10 heteroatoms. The van der Waals surface area contributed by atoms with Crippen LogP contribution in [-0.4, -0.2) is 39.9 Å². The quantitative estimate of drug-likeness (QED) is 0.485. The second-order valence-electron chi connectivity index (χ2n) is 9.53. The Morgan fingerprint density at radius 3 is 2.64 bits per heavy atom. The van der Waals surface area contributed by atoms with E-state index in [4.69, 9.17) is 5.73 Å². The molecule has 2 saturated carbocycles. The molecule has 4 amide bonds. The molecule has 0 bridgehead atoms. The Balaban J connectivity index is 1.54. The third-order valence-corrected chi connectivity index (χ3v) is 8.62. The van der Waals surface area contributed by atoms with E-state index in [2.05, 4.69) is 21.9 Å². The van der Waals surface area contributed by atoms with E-state index in [9.17, 15) is 14.4 Å². The average molecular weight is 503 g/mol. The van der Waals surface area contributed by atoms with Crippen molar-refractivity contribution in [3.63, 3.8) is 0 Å². The number of carbonyl (C=O) groups excluding carboxylic acids is 3. The van der Waals surface area contributed by atoms with Gasteiger partial charge in [0.15, 0.2) is 0 Å². The van der Waals surface area contributed by atoms with Crippen LogP contribution in [0.2, 0.25) is 0 Å². The lowest BCUT2D eigenvalue weighted by Gasteiger charge is -2.41. The predicted molar refractivity (Wildman–Crippen MR) is 139 cm³/mol. The molecule has 2 atom stereocenters. The Labute approximate surface area is 212 Å². The second kappa shape index (κ2) is 8.70. The third kappa shape index (κ3) is 3.47. The number of rotatable bonds is 6. The number of thiophene rings is 1. The summed E-state index contributed by atoms with van der Waals surface area (Å²) in [5.74, 6) is -0.490. The lowest BCUT2D eigenvalue weighted by molar-refractivity contribution is -0.117. The minimum atomic E-state index is -0.606. The number of urea groups is 1. The van der Waals surface area contributed by atoms with Gasteiger partial charge in [0.1, 0.15) is 9.71 Å². The smallest absolute Gasteiger partial charge is 0.334 e. The number of nitrogens with one attached hydrogen (secondary N) is 1. The highest BCUT2D eigenvalue weighted by Gasteiger charge is 2.45. The molecule has 0 radical (unpaired) electrons. The van der Waals surface area contributed by atoms with Crippen molar-refractivity contribution in [3.8, 4) is 0 Å². The van der Waals surface area contributed by atoms with E-state index in [1.807, 2.05) is 12.1 Å². The fraction of sp³-hybridized carbons (Fsp3) is 0.346. The first-order valence-electron chi connectivity index (χ1n) is 12.2. The van der Waals surface area contributed by atoms with Gasteiger partial charge in [-0.05, 0) is 56.4 Å². The Hall–Kier alpha value is -3.79. The number of nitrogens with two attached hydrogens (primary N) is 1. The van der Waals surface area contributed by atoms with Gasteiger partial charge in [0.05, 0.1) is 34.5 Å². The van der Waals surface area contributed by atoms with Crippen LogP contribution in [0.3, 0.4) is 0 Å². The Kier molecular flexibility index (Phi) is 5.48. The molecule has 3 aromatic heterocycles. The number of amides is 4. The van der Waals surface area contributed by atoms with Crippen molar-refractivity contribution in [2.24, 2.45) is 5.73 Å². The highest BCUT2D eigenvalue weighted by atomic mass is 32.1. The summed E-state index contributed by atoms with van der Waals surface area (Å²) in [6, 6.07) is 4.71. The molecule has 4 heterocycles. The first-order valence-corrected chi connectivity index (χ1v) is 13.0. The Bertz CT molecular complexity index is 1410. The number of hydrogen-bond acceptors (Lipinski definition) is 6. The summed E-state index contributed by atoms with van der Waals surface area (Å²) < 4.78 is 0. The van der Waals surface area contributed by atoms with E-state index >= 15 is 0 Å². The lowest BCUT2D eigenvalue weighted by atomic mass is 9.82. The molecule has 0 unspecified atom stereocenters. The van der Waals surface area contributed by atoms with Crippen LogP contribution in [0.15, 0.2) is 43.2 Å². The van der Waals surface area contributed by atoms with Crippen LogP contribution >= 0.6 is 11.3 Å². The van der Waals surface area contributed by atoms with Gasteiger partial charge in [0.25, 0.3) is 5.91 Å². The van der Waals surface area contributed by atoms with Crippen molar-refractivity contribution in [1.82, 2.24) is 15.3 Å². The van der Waals surface area contributed by atoms with Crippen LogP contribution in [0.1, 0.15) is 59.8 Å². The molecular formula is C26H26N6O3S. The van der Waals surface area contributed by atoms with Crippen LogP contribution < -0.4 is 20.9 Å². The molecule has 184 valence electrons. The van der Waals surface area contributed by atoms with Crippen LogP contribution in [0, 0.1) is 0 Å². The van der Waals surface area contributed by atoms with Gasteiger partial charge in [-0.25, -0.2) is 9.78 Å². The normalized spacial score (nSPS) is 21.5. The average Bonchev–Trinajstić information content (AvgIpc) is 3.44. The number of carbonyl (C=O) groups is 3. The SMILES string of the molecule is C=CC(=O)N[C@@H]1CCC[C@H]1N1C(=O)N(c2ccnc(C3CCC3)c2)c2ccnc3sc(C(N)=O)c1c23. The third-order valence-electron chi connectivity index (χ3n) is 7.52. The van der Waals surface area contributed by atoms with E-state index in [1.165, 1.54) is 23.8 Å². The lowest BCUT2D eigenvalue weighted by Crippen LogP contribution is -2.55. The van der Waals surface area contributed by atoms with Crippen LogP contribution in [0.5, 0.6) is 0 Å². The van der Waals surface area contributed by atoms with E-state index in [1.54, 1.807) is 28.3 Å². The van der Waals surface area contributed by atoms with E-state index in [0.717, 1.165) is 36.0 Å². The number of nitrogens with zero attached hydrogens (tertiary/aromatic N) is 4. The van der Waals surface area contributed by atoms with Crippen molar-refractivity contribution in [1.29, 1.82) is 0 Å². The summed E-state index contributed by atoms with van der Waals surface area (Å²) in [7, 11) is 0. The fourth-order valence-electron chi connectivity index (χ4n) is 5.60. The maximum atomic E-state index is 14.4. The van der Waals surface area contributed by atoms with Gasteiger partial charge < -0.3 is 11.1 Å². The summed E-state index contributed by atoms with van der Waals surface area (Å²) >= 11 is 1.19. The van der Waals surface area contributed by atoms with Crippen LogP contribution in [0.25, 0.3) is 10.2 Å². The number of aromatic nitrogens is 2. The summed E-state index contributed by atoms with van der Waals surface area (Å²) in [6.45, 7) is 3.56. The Morgan fingerprint density at radius 1 is 1.14 bits per heavy atom. The van der Waals surface area contributed by atoms with Gasteiger partial charge in [-0.3, -0.25) is 24.4 Å². The van der Waals surface area contributed by atoms with E-state index in [-0.39, 0.29) is 24.0 Å². The minimum Gasteiger partial charge on any atom is -0.365 e. The molecule has 36 heavy (non-hydrogen) atoms. The summed E-state index contributed by atoms with van der Waals surface area (Å²) in [4.78, 5) is 52.4. The molecule has 0 aromatic carbocycles. The first kappa shape index (κ1) is 22.7. The molecule has 3 aliphatic rings. The number of pyridine rings is 2. The first-order chi connectivity index (χ1) is 17.5. The highest BCUT2D eigenvalue weighted by Crippen LogP contribution is 2.50. The zero-order valence-electron chi connectivity index (χ0n) is 19.6. The van der Waals surface area contributed by atoms with Gasteiger partial charge in [-0.15, -0.1) is 11.3 Å². The molecule has 2 aliphatic carbocycles. The predicted octanol–water partition coefficient (Wildman–Crippen LogP) is 4.36. The summed E-state index contributed by atoms with van der Waals surface area (Å²) in [6.07, 6.45) is 10.2. The zero-order chi connectivity index (χ0) is 25.0. The molecule has 3 aromatic rings. The van der Waals surface area contributed by atoms with Gasteiger partial charge in [0.2, 0.25) is 5.91 Å². The molecule has 6 rings (SSSR count). The van der Waals surface area contributed by atoms with Crippen molar-refractivity contribution in [3.05, 3.63) is 53.8 Å². The van der Waals surface area contributed by atoms with Crippen molar-refractivity contribution in [2.45, 2.75) is 56.5 Å². The molecule has 0 saturated heterocycles. The van der Waals surface area contributed by atoms with Crippen LogP contribution in [0.4, 0.5) is 21.9 Å². The maximum Gasteiger partial charge on any atom is 0.334 e. The van der Waals surface area contributed by atoms with Gasteiger partial charge in [-0.2, -0.15) is 0 Å². The fourth-order valence-corrected chi connectivity index (χ4v) is 6.61. The zero-order valence-corrected chi connectivity index (χ0v) is 20.5. The van der Waals surface area contributed by atoms with Crippen molar-refractivity contribution < 1.29 is 14.4 Å². The van der Waals surface area contributed by atoms with Crippen molar-refractivity contribution >= 4 is 56.5 Å². The molecule has 2 fully saturated rings. The van der Waals surface area contributed by atoms with E-state index < -0.39 is 5.91 Å². The van der Waals surface area contributed by atoms with E-state index in [0.29, 0.717) is 39.8 Å². The standard InChI is InChI=1S/C26H26N6O3S/c1-2-20(33)30-16-7-4-8-18(16)32-22-21-19(10-12-29-25(21)36-23(22)24(27)34)31(26(32)35)15-9-11-28-17(13-15)14-5-3-6-14/h2,9-14,16,18H,1,3-8H2,(H2,27,34)(H,30,33)/t16-,18-/m1/s1. The highest BCUT2D eigenvalue weighted by molar-refractivity contribution is 7.21. The summed E-state index contributed by atoms with van der Waals surface area (Å²) in [5, 5.41) is 3.70.